The Balaban J connectivity index is 2.56. The molecule has 0 aliphatic carbocycles. The molecule has 0 aromatic rings. The summed E-state index contributed by atoms with van der Waals surface area (Å²) < 4.78 is 16.5. The van der Waals surface area contributed by atoms with Gasteiger partial charge in [-0.1, -0.05) is 0 Å². The average Bonchev–Trinajstić information content (AvgIpc) is 2.19. The van der Waals surface area contributed by atoms with Crippen molar-refractivity contribution in [1.29, 1.82) is 0 Å². The van der Waals surface area contributed by atoms with Crippen LogP contribution in [0.2, 0.25) is 0 Å². The molecule has 0 amide bonds. The summed E-state index contributed by atoms with van der Waals surface area (Å²) in [6, 6.07) is 0. The normalized spacial score (nSPS) is 17.3. The van der Waals surface area contributed by atoms with Crippen molar-refractivity contribution in [2.75, 3.05) is 24.1 Å². The first-order valence-corrected chi connectivity index (χ1v) is 9.43. The molecular formula is C8H15O3PS3. The summed E-state index contributed by atoms with van der Waals surface area (Å²) in [7, 11) is 0. The second-order valence-corrected chi connectivity index (χ2v) is 7.74. The van der Waals surface area contributed by atoms with E-state index in [1.165, 1.54) is 0 Å². The van der Waals surface area contributed by atoms with Gasteiger partial charge in [0.05, 0.1) is 19.0 Å². The summed E-state index contributed by atoms with van der Waals surface area (Å²) in [5, 5.41) is 3.06. The second kappa shape index (κ2) is 7.20. The lowest BCUT2D eigenvalue weighted by Crippen LogP contribution is -2.03. The maximum Gasteiger partial charge on any atom is 0.380 e. The number of thioether (sulfide) groups is 2. The van der Waals surface area contributed by atoms with Crippen molar-refractivity contribution in [2.24, 2.45) is 0 Å². The van der Waals surface area contributed by atoms with Gasteiger partial charge in [-0.15, -0.1) is 23.5 Å². The van der Waals surface area contributed by atoms with Crippen LogP contribution in [0.3, 0.4) is 0 Å². The molecule has 0 spiro atoms. The highest BCUT2D eigenvalue weighted by atomic mass is 32.5. The van der Waals surface area contributed by atoms with Crippen LogP contribution in [-0.4, -0.2) is 24.1 Å². The van der Waals surface area contributed by atoms with E-state index in [9.17, 15) is 0 Å². The van der Waals surface area contributed by atoms with E-state index >= 15 is 0 Å². The highest BCUT2D eigenvalue weighted by molar-refractivity contribution is 8.18. The van der Waals surface area contributed by atoms with E-state index in [1.54, 1.807) is 11.8 Å². The zero-order valence-corrected chi connectivity index (χ0v) is 12.1. The van der Waals surface area contributed by atoms with Gasteiger partial charge in [0, 0.05) is 22.3 Å². The Morgan fingerprint density at radius 2 is 2.07 bits per heavy atom. The molecule has 3 nitrogen and oxygen atoms in total. The Kier molecular flexibility index (Phi) is 6.66. The van der Waals surface area contributed by atoms with Gasteiger partial charge >= 0.3 is 6.72 Å². The molecule has 1 rings (SSSR count). The Labute approximate surface area is 105 Å². The fourth-order valence-corrected chi connectivity index (χ4v) is 5.00. The monoisotopic (exact) mass is 286 g/mol. The van der Waals surface area contributed by atoms with E-state index in [4.69, 9.17) is 25.4 Å². The molecule has 0 fully saturated rings. The summed E-state index contributed by atoms with van der Waals surface area (Å²) in [5.74, 6) is 1.73. The number of hydrogen-bond acceptors (Lipinski definition) is 6. The van der Waals surface area contributed by atoms with Crippen molar-refractivity contribution in [1.82, 2.24) is 0 Å². The van der Waals surface area contributed by atoms with Crippen LogP contribution in [0.15, 0.2) is 11.2 Å². The minimum absolute atomic E-state index is 0.519. The number of hydrogen-bond donors (Lipinski definition) is 0. The first-order valence-electron chi connectivity index (χ1n) is 4.67. The molecule has 0 saturated carbocycles. The molecule has 0 aromatic carbocycles. The standard InChI is InChI=1S/C8H15O3PS3/c1-3-9-12(13,10-4-2)11-8-5-14-7-15-6-8/h5H,3-4,6-7H2,1-2H3. The Bertz CT molecular complexity index is 260. The van der Waals surface area contributed by atoms with Crippen LogP contribution in [0.25, 0.3) is 0 Å². The fourth-order valence-electron chi connectivity index (χ4n) is 0.949. The molecule has 88 valence electrons. The van der Waals surface area contributed by atoms with Gasteiger partial charge in [-0.2, -0.15) is 0 Å². The summed E-state index contributed by atoms with van der Waals surface area (Å²) in [5.41, 5.74) is 0. The van der Waals surface area contributed by atoms with Gasteiger partial charge in [0.1, 0.15) is 5.76 Å². The van der Waals surface area contributed by atoms with Crippen LogP contribution in [-0.2, 0) is 25.4 Å². The molecule has 0 bridgehead atoms. The predicted octanol–water partition coefficient (Wildman–Crippen LogP) is 3.58. The molecule has 0 atom stereocenters. The largest absolute Gasteiger partial charge is 0.427 e. The minimum Gasteiger partial charge on any atom is -0.427 e. The van der Waals surface area contributed by atoms with Crippen molar-refractivity contribution in [3.8, 4) is 0 Å². The molecule has 15 heavy (non-hydrogen) atoms. The van der Waals surface area contributed by atoms with Crippen LogP contribution in [0.4, 0.5) is 0 Å². The van der Waals surface area contributed by atoms with Crippen LogP contribution in [0, 0.1) is 0 Å². The lowest BCUT2D eigenvalue weighted by molar-refractivity contribution is 0.196. The zero-order valence-electron chi connectivity index (χ0n) is 8.80. The van der Waals surface area contributed by atoms with E-state index in [0.29, 0.717) is 13.2 Å². The third-order valence-electron chi connectivity index (χ3n) is 1.41. The molecule has 1 heterocycles. The summed E-state index contributed by atoms with van der Waals surface area (Å²) in [6.07, 6.45) is 0. The van der Waals surface area contributed by atoms with E-state index in [2.05, 4.69) is 0 Å². The van der Waals surface area contributed by atoms with E-state index in [1.807, 2.05) is 31.0 Å². The molecule has 0 saturated heterocycles. The Morgan fingerprint density at radius 3 is 2.53 bits per heavy atom. The molecule has 1 aliphatic heterocycles. The Hall–Kier alpha value is 0.810. The minimum atomic E-state index is -2.55. The van der Waals surface area contributed by atoms with E-state index in [0.717, 1.165) is 16.6 Å². The first kappa shape index (κ1) is 13.9. The highest BCUT2D eigenvalue weighted by Gasteiger charge is 2.23. The maximum absolute atomic E-state index is 5.66. The van der Waals surface area contributed by atoms with Crippen molar-refractivity contribution in [2.45, 2.75) is 13.8 Å². The third-order valence-corrected chi connectivity index (χ3v) is 6.01. The van der Waals surface area contributed by atoms with Crippen molar-refractivity contribution in [3.05, 3.63) is 11.2 Å². The van der Waals surface area contributed by atoms with Crippen LogP contribution in [0.5, 0.6) is 0 Å². The highest BCUT2D eigenvalue weighted by Crippen LogP contribution is 2.52. The lowest BCUT2D eigenvalue weighted by atomic mass is 10.7. The average molecular weight is 286 g/mol. The Morgan fingerprint density at radius 1 is 1.40 bits per heavy atom. The van der Waals surface area contributed by atoms with Gasteiger partial charge < -0.3 is 4.52 Å². The molecular weight excluding hydrogens is 271 g/mol. The van der Waals surface area contributed by atoms with Crippen LogP contribution in [0.1, 0.15) is 13.8 Å². The van der Waals surface area contributed by atoms with E-state index in [-0.39, 0.29) is 0 Å². The predicted molar refractivity (Wildman–Crippen MR) is 71.6 cm³/mol. The van der Waals surface area contributed by atoms with E-state index < -0.39 is 6.72 Å². The SMILES string of the molecule is CCOP(=S)(OCC)OC1=CSCSC1. The fraction of sp³-hybridized carbons (Fsp3) is 0.750. The molecule has 1 aliphatic rings. The molecule has 0 N–H and O–H groups in total. The van der Waals surface area contributed by atoms with Gasteiger partial charge in [-0.25, -0.2) is 0 Å². The zero-order chi connectivity index (χ0) is 11.1. The second-order valence-electron chi connectivity index (χ2n) is 2.59. The first-order chi connectivity index (χ1) is 7.20. The van der Waals surface area contributed by atoms with Crippen LogP contribution < -0.4 is 0 Å². The van der Waals surface area contributed by atoms with Crippen molar-refractivity contribution >= 4 is 42.0 Å². The van der Waals surface area contributed by atoms with Gasteiger partial charge in [0.15, 0.2) is 0 Å². The third kappa shape index (κ3) is 5.11. The maximum atomic E-state index is 5.66. The quantitative estimate of drug-likeness (QED) is 0.693. The summed E-state index contributed by atoms with van der Waals surface area (Å²) >= 11 is 8.79. The molecule has 0 unspecified atom stereocenters. The summed E-state index contributed by atoms with van der Waals surface area (Å²) in [4.78, 5) is 0. The van der Waals surface area contributed by atoms with Gasteiger partial charge in [-0.05, 0) is 13.8 Å². The molecule has 0 aromatic heterocycles. The smallest absolute Gasteiger partial charge is 0.380 e. The van der Waals surface area contributed by atoms with Gasteiger partial charge in [0.25, 0.3) is 0 Å². The van der Waals surface area contributed by atoms with Crippen LogP contribution >= 0.6 is 30.2 Å². The molecule has 0 radical (unpaired) electrons. The van der Waals surface area contributed by atoms with Gasteiger partial charge in [0.2, 0.25) is 0 Å². The summed E-state index contributed by atoms with van der Waals surface area (Å²) in [6.45, 7) is 2.27. The van der Waals surface area contributed by atoms with Crippen molar-refractivity contribution in [3.63, 3.8) is 0 Å². The lowest BCUT2D eigenvalue weighted by Gasteiger charge is -2.23. The van der Waals surface area contributed by atoms with Crippen molar-refractivity contribution < 1.29 is 13.6 Å². The topological polar surface area (TPSA) is 27.7 Å². The number of rotatable bonds is 6. The van der Waals surface area contributed by atoms with Gasteiger partial charge in [-0.3, -0.25) is 9.05 Å². The molecule has 7 heteroatoms.